The molecular weight excluding hydrogens is 448 g/mol. The van der Waals surface area contributed by atoms with Gasteiger partial charge >= 0.3 is 0 Å². The van der Waals surface area contributed by atoms with E-state index < -0.39 is 0 Å². The number of nitrogens with one attached hydrogen (secondary N) is 1. The van der Waals surface area contributed by atoms with Gasteiger partial charge in [-0.2, -0.15) is 0 Å². The van der Waals surface area contributed by atoms with Gasteiger partial charge in [0, 0.05) is 31.5 Å². The van der Waals surface area contributed by atoms with E-state index in [2.05, 4.69) is 47.5 Å². The number of aromatic nitrogens is 1. The molecule has 1 heterocycles. The summed E-state index contributed by atoms with van der Waals surface area (Å²) in [5, 5.41) is 16.6. The third-order valence-corrected chi connectivity index (χ3v) is 6.67. The quantitative estimate of drug-likeness (QED) is 0.162. The molecule has 0 spiro atoms. The van der Waals surface area contributed by atoms with Crippen molar-refractivity contribution in [1.29, 1.82) is 0 Å². The largest absolute Gasteiger partial charge is 0.490 e. The smallest absolute Gasteiger partial charge is 0.135 e. The topological polar surface area (TPSA) is 83.8 Å². The van der Waals surface area contributed by atoms with Crippen LogP contribution in [0.5, 0.6) is 5.75 Å². The number of benzene rings is 2. The molecule has 1 aromatic heterocycles. The summed E-state index contributed by atoms with van der Waals surface area (Å²) in [5.74, 6) is 7.00. The summed E-state index contributed by atoms with van der Waals surface area (Å²) in [4.78, 5) is 5.97. The number of ether oxygens (including phenoxy) is 2. The van der Waals surface area contributed by atoms with Gasteiger partial charge in [-0.05, 0) is 68.5 Å². The lowest BCUT2D eigenvalue weighted by atomic mass is 10.0. The summed E-state index contributed by atoms with van der Waals surface area (Å²) in [7, 11) is 1.74. The molecule has 34 heavy (non-hydrogen) atoms. The monoisotopic (exact) mass is 480 g/mol. The van der Waals surface area contributed by atoms with Crippen LogP contribution in [0.3, 0.4) is 0 Å². The number of rotatable bonds is 8. The van der Waals surface area contributed by atoms with Crippen LogP contribution in [0, 0.1) is 11.8 Å². The number of hydrogen-bond donors (Lipinski definition) is 3. The minimum atomic E-state index is 0.109. The SMILES string of the molecule is CC#Cc1cc(-c2ncc(-c3cccc4c3CCC4NCCOC)s2)ccc1OC(C)C.OO. The summed E-state index contributed by atoms with van der Waals surface area (Å²) in [6.07, 6.45) is 4.32. The van der Waals surface area contributed by atoms with E-state index in [9.17, 15) is 0 Å². The first kappa shape index (κ1) is 25.9. The summed E-state index contributed by atoms with van der Waals surface area (Å²) >= 11 is 1.73. The molecule has 1 aliphatic carbocycles. The first-order valence-corrected chi connectivity index (χ1v) is 12.2. The lowest BCUT2D eigenvalue weighted by molar-refractivity contribution is -0.176. The molecule has 0 saturated carbocycles. The number of fused-ring (bicyclic) bond motifs is 1. The highest BCUT2D eigenvalue weighted by Crippen LogP contribution is 2.41. The van der Waals surface area contributed by atoms with E-state index in [-0.39, 0.29) is 6.10 Å². The highest BCUT2D eigenvalue weighted by atomic mass is 32.1. The lowest BCUT2D eigenvalue weighted by Crippen LogP contribution is -2.23. The predicted octanol–water partition coefficient (Wildman–Crippen LogP) is 5.88. The van der Waals surface area contributed by atoms with E-state index in [4.69, 9.17) is 25.0 Å². The molecule has 0 radical (unpaired) electrons. The Morgan fingerprint density at radius 1 is 1.24 bits per heavy atom. The molecule has 1 atom stereocenters. The van der Waals surface area contributed by atoms with Crippen molar-refractivity contribution in [2.75, 3.05) is 20.3 Å². The Morgan fingerprint density at radius 3 is 2.79 bits per heavy atom. The van der Waals surface area contributed by atoms with Gasteiger partial charge in [0.25, 0.3) is 0 Å². The van der Waals surface area contributed by atoms with Gasteiger partial charge in [-0.3, -0.25) is 10.5 Å². The van der Waals surface area contributed by atoms with Gasteiger partial charge in [-0.25, -0.2) is 4.98 Å². The fraction of sp³-hybridized carbons (Fsp3) is 0.370. The maximum Gasteiger partial charge on any atom is 0.135 e. The fourth-order valence-electron chi connectivity index (χ4n) is 4.22. The molecule has 0 amide bonds. The van der Waals surface area contributed by atoms with Gasteiger partial charge in [-0.1, -0.05) is 24.1 Å². The van der Waals surface area contributed by atoms with Crippen molar-refractivity contribution in [3.05, 3.63) is 59.3 Å². The normalized spacial score (nSPS) is 14.1. The second kappa shape index (κ2) is 12.7. The van der Waals surface area contributed by atoms with Crippen molar-refractivity contribution in [2.45, 2.75) is 45.8 Å². The third-order valence-electron chi connectivity index (χ3n) is 5.59. The molecule has 4 rings (SSSR count). The van der Waals surface area contributed by atoms with Gasteiger partial charge in [0.15, 0.2) is 0 Å². The van der Waals surface area contributed by atoms with Crippen molar-refractivity contribution >= 4 is 11.3 Å². The summed E-state index contributed by atoms with van der Waals surface area (Å²) in [6, 6.07) is 13.2. The van der Waals surface area contributed by atoms with Crippen molar-refractivity contribution < 1.29 is 20.0 Å². The second-order valence-corrected chi connectivity index (χ2v) is 9.22. The number of thiazole rings is 1. The van der Waals surface area contributed by atoms with E-state index in [1.807, 2.05) is 33.0 Å². The predicted molar refractivity (Wildman–Crippen MR) is 138 cm³/mol. The molecule has 0 saturated heterocycles. The minimum absolute atomic E-state index is 0.109. The third kappa shape index (κ3) is 6.03. The van der Waals surface area contributed by atoms with Crippen LogP contribution in [0.25, 0.3) is 21.0 Å². The van der Waals surface area contributed by atoms with E-state index in [0.29, 0.717) is 6.04 Å². The second-order valence-electron chi connectivity index (χ2n) is 8.19. The Bertz CT molecular complexity index is 1150. The lowest BCUT2D eigenvalue weighted by Gasteiger charge is -2.14. The zero-order valence-corrected chi connectivity index (χ0v) is 20.9. The first-order chi connectivity index (χ1) is 16.6. The maximum atomic E-state index is 6.00. The Hall–Kier alpha value is -2.73. The first-order valence-electron chi connectivity index (χ1n) is 11.3. The van der Waals surface area contributed by atoms with Crippen LogP contribution in [0.1, 0.15) is 49.9 Å². The molecule has 1 aliphatic rings. The van der Waals surface area contributed by atoms with Gasteiger partial charge in [0.1, 0.15) is 10.8 Å². The molecule has 3 aromatic rings. The van der Waals surface area contributed by atoms with Crippen molar-refractivity contribution in [3.8, 4) is 38.6 Å². The van der Waals surface area contributed by atoms with Gasteiger partial charge in [-0.15, -0.1) is 17.3 Å². The molecule has 7 heteroatoms. The molecule has 3 N–H and O–H groups in total. The average molecular weight is 481 g/mol. The molecular formula is C27H32N2O4S. The molecule has 180 valence electrons. The fourth-order valence-corrected chi connectivity index (χ4v) is 5.18. The molecule has 6 nitrogen and oxygen atoms in total. The molecule has 0 bridgehead atoms. The maximum absolute atomic E-state index is 6.00. The number of methoxy groups -OCH3 is 1. The van der Waals surface area contributed by atoms with Crippen molar-refractivity contribution in [2.24, 2.45) is 0 Å². The highest BCUT2D eigenvalue weighted by molar-refractivity contribution is 7.18. The Kier molecular flexibility index (Phi) is 9.63. The molecule has 0 fully saturated rings. The molecule has 1 unspecified atom stereocenters. The van der Waals surface area contributed by atoms with Crippen molar-refractivity contribution in [3.63, 3.8) is 0 Å². The van der Waals surface area contributed by atoms with Crippen LogP contribution < -0.4 is 10.1 Å². The molecule has 2 aromatic carbocycles. The van der Waals surface area contributed by atoms with Gasteiger partial charge in [0.05, 0.1) is 23.2 Å². The van der Waals surface area contributed by atoms with Crippen LogP contribution in [0.4, 0.5) is 0 Å². The summed E-state index contributed by atoms with van der Waals surface area (Å²) in [5.41, 5.74) is 6.12. The van der Waals surface area contributed by atoms with E-state index in [1.165, 1.54) is 21.6 Å². The van der Waals surface area contributed by atoms with E-state index >= 15 is 0 Å². The summed E-state index contributed by atoms with van der Waals surface area (Å²) < 4.78 is 11.1. The minimum Gasteiger partial charge on any atom is -0.490 e. The van der Waals surface area contributed by atoms with Crippen LogP contribution in [-0.2, 0) is 11.2 Å². The van der Waals surface area contributed by atoms with Crippen LogP contribution >= 0.6 is 11.3 Å². The number of nitrogens with zero attached hydrogens (tertiary/aromatic N) is 1. The van der Waals surface area contributed by atoms with Crippen LogP contribution in [0.15, 0.2) is 42.6 Å². The highest BCUT2D eigenvalue weighted by Gasteiger charge is 2.25. The van der Waals surface area contributed by atoms with E-state index in [0.717, 1.165) is 47.9 Å². The van der Waals surface area contributed by atoms with Crippen LogP contribution in [-0.4, -0.2) is 41.9 Å². The Balaban J connectivity index is 0.00000158. The van der Waals surface area contributed by atoms with Gasteiger partial charge < -0.3 is 14.8 Å². The van der Waals surface area contributed by atoms with Gasteiger partial charge in [0.2, 0.25) is 0 Å². The zero-order valence-electron chi connectivity index (χ0n) is 20.1. The zero-order chi connectivity index (χ0) is 24.5. The summed E-state index contributed by atoms with van der Waals surface area (Å²) in [6.45, 7) is 7.51. The van der Waals surface area contributed by atoms with Crippen LogP contribution in [0.2, 0.25) is 0 Å². The molecule has 0 aliphatic heterocycles. The Morgan fingerprint density at radius 2 is 2.06 bits per heavy atom. The number of hydrogen-bond acceptors (Lipinski definition) is 7. The van der Waals surface area contributed by atoms with Crippen molar-refractivity contribution in [1.82, 2.24) is 10.3 Å². The van der Waals surface area contributed by atoms with E-state index in [1.54, 1.807) is 18.4 Å². The average Bonchev–Trinajstić information content (AvgIpc) is 3.49. The Labute approximate surface area is 205 Å². The standard InChI is InChI=1S/C27H30N2O2S.H2O2/c1-5-7-19-16-20(10-13-25(19)31-18(2)3)27-29-17-26(32-27)23-9-6-8-22-21(23)11-12-24(22)28-14-15-30-4;1-2/h6,8-10,13,16-18,24,28H,11-12,14-15H2,1-4H3;1-2H.